The van der Waals surface area contributed by atoms with Gasteiger partial charge < -0.3 is 10.2 Å². The summed E-state index contributed by atoms with van der Waals surface area (Å²) < 4.78 is 0. The van der Waals surface area contributed by atoms with Gasteiger partial charge in [0.1, 0.15) is 0 Å². The van der Waals surface area contributed by atoms with Crippen molar-refractivity contribution < 1.29 is 4.79 Å². The SMILES string of the molecule is C=CC(=O)NC[C@@H]1CCCN1c1ccc(C)cc1. The van der Waals surface area contributed by atoms with Gasteiger partial charge in [-0.05, 0) is 38.0 Å². The molecule has 0 aliphatic carbocycles. The number of hydrogen-bond acceptors (Lipinski definition) is 2. The van der Waals surface area contributed by atoms with Crippen LogP contribution in [0.4, 0.5) is 5.69 Å². The molecule has 0 unspecified atom stereocenters. The van der Waals surface area contributed by atoms with Gasteiger partial charge in [0.2, 0.25) is 5.91 Å². The van der Waals surface area contributed by atoms with Gasteiger partial charge in [-0.1, -0.05) is 24.3 Å². The van der Waals surface area contributed by atoms with Crippen molar-refractivity contribution in [3.8, 4) is 0 Å². The van der Waals surface area contributed by atoms with E-state index in [1.807, 2.05) is 0 Å². The predicted octanol–water partition coefficient (Wildman–Crippen LogP) is 2.27. The number of rotatable bonds is 4. The minimum Gasteiger partial charge on any atom is -0.367 e. The van der Waals surface area contributed by atoms with Crippen LogP contribution in [0.2, 0.25) is 0 Å². The molecule has 0 aromatic heterocycles. The molecule has 0 bridgehead atoms. The van der Waals surface area contributed by atoms with Crippen LogP contribution in [0.25, 0.3) is 0 Å². The van der Waals surface area contributed by atoms with Crippen molar-refractivity contribution in [2.75, 3.05) is 18.0 Å². The van der Waals surface area contributed by atoms with E-state index in [0.717, 1.165) is 13.0 Å². The Hall–Kier alpha value is -1.77. The summed E-state index contributed by atoms with van der Waals surface area (Å²) in [5.41, 5.74) is 2.52. The molecule has 1 aromatic rings. The van der Waals surface area contributed by atoms with Crippen LogP contribution in [-0.4, -0.2) is 25.0 Å². The van der Waals surface area contributed by atoms with Crippen molar-refractivity contribution in [1.82, 2.24) is 5.32 Å². The second kappa shape index (κ2) is 5.71. The zero-order valence-electron chi connectivity index (χ0n) is 10.9. The molecule has 1 aromatic carbocycles. The molecule has 2 rings (SSSR count). The molecule has 1 aliphatic rings. The molecule has 3 nitrogen and oxygen atoms in total. The number of anilines is 1. The van der Waals surface area contributed by atoms with Gasteiger partial charge >= 0.3 is 0 Å². The van der Waals surface area contributed by atoms with E-state index < -0.39 is 0 Å². The summed E-state index contributed by atoms with van der Waals surface area (Å²) in [7, 11) is 0. The summed E-state index contributed by atoms with van der Waals surface area (Å²) in [6.45, 7) is 7.32. The fourth-order valence-electron chi connectivity index (χ4n) is 2.41. The summed E-state index contributed by atoms with van der Waals surface area (Å²) in [5, 5.41) is 2.89. The number of carbonyl (C=O) groups excluding carboxylic acids is 1. The molecule has 1 fully saturated rings. The summed E-state index contributed by atoms with van der Waals surface area (Å²) in [4.78, 5) is 13.6. The lowest BCUT2D eigenvalue weighted by Gasteiger charge is -2.27. The van der Waals surface area contributed by atoms with Crippen LogP contribution in [0.5, 0.6) is 0 Å². The van der Waals surface area contributed by atoms with E-state index in [0.29, 0.717) is 12.6 Å². The van der Waals surface area contributed by atoms with Gasteiger partial charge in [-0.2, -0.15) is 0 Å². The maximum Gasteiger partial charge on any atom is 0.243 e. The maximum atomic E-state index is 11.2. The van der Waals surface area contributed by atoms with Gasteiger partial charge in [-0.3, -0.25) is 4.79 Å². The maximum absolute atomic E-state index is 11.2. The van der Waals surface area contributed by atoms with Gasteiger partial charge in [-0.25, -0.2) is 0 Å². The van der Waals surface area contributed by atoms with Crippen LogP contribution in [0.15, 0.2) is 36.9 Å². The van der Waals surface area contributed by atoms with Crippen molar-refractivity contribution in [2.45, 2.75) is 25.8 Å². The molecular weight excluding hydrogens is 224 g/mol. The Morgan fingerprint density at radius 1 is 1.50 bits per heavy atom. The predicted molar refractivity (Wildman–Crippen MR) is 74.8 cm³/mol. The van der Waals surface area contributed by atoms with Gasteiger partial charge in [0.25, 0.3) is 0 Å². The third-order valence-corrected chi connectivity index (χ3v) is 3.44. The molecule has 1 atom stereocenters. The van der Waals surface area contributed by atoms with Crippen LogP contribution in [-0.2, 0) is 4.79 Å². The van der Waals surface area contributed by atoms with Crippen molar-refractivity contribution >= 4 is 11.6 Å². The van der Waals surface area contributed by atoms with E-state index in [2.05, 4.69) is 48.0 Å². The smallest absolute Gasteiger partial charge is 0.243 e. The molecule has 1 saturated heterocycles. The number of benzene rings is 1. The lowest BCUT2D eigenvalue weighted by Crippen LogP contribution is -2.39. The normalized spacial score (nSPS) is 18.7. The second-order valence-corrected chi connectivity index (χ2v) is 4.77. The van der Waals surface area contributed by atoms with Crippen LogP contribution in [0, 0.1) is 6.92 Å². The molecule has 3 heteroatoms. The number of amides is 1. The first-order chi connectivity index (χ1) is 8.70. The third-order valence-electron chi connectivity index (χ3n) is 3.44. The van der Waals surface area contributed by atoms with Crippen molar-refractivity contribution in [1.29, 1.82) is 0 Å². The van der Waals surface area contributed by atoms with Crippen molar-refractivity contribution in [3.05, 3.63) is 42.5 Å². The quantitative estimate of drug-likeness (QED) is 0.824. The van der Waals surface area contributed by atoms with Crippen LogP contribution < -0.4 is 10.2 Å². The number of nitrogens with one attached hydrogen (secondary N) is 1. The highest BCUT2D eigenvalue weighted by molar-refractivity contribution is 5.86. The number of carbonyl (C=O) groups is 1. The first-order valence-corrected chi connectivity index (χ1v) is 6.44. The highest BCUT2D eigenvalue weighted by Gasteiger charge is 2.24. The first-order valence-electron chi connectivity index (χ1n) is 6.44. The van der Waals surface area contributed by atoms with Crippen LogP contribution in [0.3, 0.4) is 0 Å². The average molecular weight is 244 g/mol. The van der Waals surface area contributed by atoms with Gasteiger partial charge in [0.15, 0.2) is 0 Å². The van der Waals surface area contributed by atoms with Crippen molar-refractivity contribution in [2.24, 2.45) is 0 Å². The lowest BCUT2D eigenvalue weighted by atomic mass is 10.2. The lowest BCUT2D eigenvalue weighted by molar-refractivity contribution is -0.116. The molecule has 1 amide bonds. The van der Waals surface area contributed by atoms with E-state index in [-0.39, 0.29) is 5.91 Å². The Balaban J connectivity index is 2.00. The average Bonchev–Trinajstić information content (AvgIpc) is 2.85. The molecule has 0 saturated carbocycles. The van der Waals surface area contributed by atoms with E-state index in [9.17, 15) is 4.79 Å². The highest BCUT2D eigenvalue weighted by Crippen LogP contribution is 2.25. The standard InChI is InChI=1S/C15H20N2O/c1-3-15(18)16-11-14-5-4-10-17(14)13-8-6-12(2)7-9-13/h3,6-9,14H,1,4-5,10-11H2,2H3,(H,16,18)/t14-/m0/s1. The van der Waals surface area contributed by atoms with Crippen LogP contribution >= 0.6 is 0 Å². The number of hydrogen-bond donors (Lipinski definition) is 1. The monoisotopic (exact) mass is 244 g/mol. The topological polar surface area (TPSA) is 32.3 Å². The minimum atomic E-state index is -0.0919. The Morgan fingerprint density at radius 2 is 2.22 bits per heavy atom. The fraction of sp³-hybridized carbons (Fsp3) is 0.400. The molecule has 0 radical (unpaired) electrons. The summed E-state index contributed by atoms with van der Waals surface area (Å²) in [5.74, 6) is -0.0919. The first kappa shape index (κ1) is 12.7. The summed E-state index contributed by atoms with van der Waals surface area (Å²) in [6, 6.07) is 8.98. The zero-order chi connectivity index (χ0) is 13.0. The van der Waals surface area contributed by atoms with E-state index >= 15 is 0 Å². The number of aryl methyl sites for hydroxylation is 1. The van der Waals surface area contributed by atoms with E-state index in [1.165, 1.54) is 23.7 Å². The minimum absolute atomic E-state index is 0.0919. The largest absolute Gasteiger partial charge is 0.367 e. The van der Waals surface area contributed by atoms with E-state index in [4.69, 9.17) is 0 Å². The molecular formula is C15H20N2O. The summed E-state index contributed by atoms with van der Waals surface area (Å²) >= 11 is 0. The fourth-order valence-corrected chi connectivity index (χ4v) is 2.41. The Labute approximate surface area is 108 Å². The third kappa shape index (κ3) is 2.92. The van der Waals surface area contributed by atoms with Gasteiger partial charge in [-0.15, -0.1) is 0 Å². The van der Waals surface area contributed by atoms with Crippen molar-refractivity contribution in [3.63, 3.8) is 0 Å². The molecule has 1 heterocycles. The molecule has 1 N–H and O–H groups in total. The molecule has 1 aliphatic heterocycles. The van der Waals surface area contributed by atoms with E-state index in [1.54, 1.807) is 0 Å². The molecule has 0 spiro atoms. The Morgan fingerprint density at radius 3 is 2.89 bits per heavy atom. The second-order valence-electron chi connectivity index (χ2n) is 4.77. The molecule has 96 valence electrons. The Bertz CT molecular complexity index is 425. The highest BCUT2D eigenvalue weighted by atomic mass is 16.1. The van der Waals surface area contributed by atoms with Crippen LogP contribution in [0.1, 0.15) is 18.4 Å². The molecule has 18 heavy (non-hydrogen) atoms. The summed E-state index contributed by atoms with van der Waals surface area (Å²) in [6.07, 6.45) is 3.64. The Kier molecular flexibility index (Phi) is 4.03. The van der Waals surface area contributed by atoms with Gasteiger partial charge in [0, 0.05) is 24.8 Å². The number of nitrogens with zero attached hydrogens (tertiary/aromatic N) is 1. The zero-order valence-corrected chi connectivity index (χ0v) is 10.9. The van der Waals surface area contributed by atoms with Gasteiger partial charge in [0.05, 0.1) is 0 Å².